The fourth-order valence-electron chi connectivity index (χ4n) is 1.67. The van der Waals surface area contributed by atoms with E-state index in [1.165, 1.54) is 0 Å². The van der Waals surface area contributed by atoms with Crippen LogP contribution in [0.5, 0.6) is 0 Å². The first-order valence-corrected chi connectivity index (χ1v) is 6.17. The number of halogens is 1. The number of nitriles is 1. The third-order valence-electron chi connectivity index (χ3n) is 2.53. The molecule has 6 heteroatoms. The molecule has 0 aliphatic heterocycles. The van der Waals surface area contributed by atoms with E-state index in [0.29, 0.717) is 25.3 Å². The minimum absolute atomic E-state index is 0.200. The molecule has 0 aromatic carbocycles. The highest BCUT2D eigenvalue weighted by molar-refractivity contribution is 6.28. The van der Waals surface area contributed by atoms with Crippen molar-refractivity contribution in [3.8, 4) is 6.07 Å². The molecule has 19 heavy (non-hydrogen) atoms. The van der Waals surface area contributed by atoms with E-state index in [1.54, 1.807) is 24.7 Å². The van der Waals surface area contributed by atoms with Crippen LogP contribution in [-0.2, 0) is 6.54 Å². The second-order valence-electron chi connectivity index (χ2n) is 3.87. The quantitative estimate of drug-likeness (QED) is 0.783. The van der Waals surface area contributed by atoms with Gasteiger partial charge in [-0.05, 0) is 29.3 Å². The third kappa shape index (κ3) is 3.90. The molecule has 0 saturated heterocycles. The molecule has 0 atom stereocenters. The predicted octanol–water partition coefficient (Wildman–Crippen LogP) is 2.45. The predicted molar refractivity (Wildman–Crippen MR) is 72.6 cm³/mol. The van der Waals surface area contributed by atoms with Gasteiger partial charge in [-0.3, -0.25) is 4.98 Å². The molecule has 96 valence electrons. The summed E-state index contributed by atoms with van der Waals surface area (Å²) in [5.41, 5.74) is 1.05. The molecule has 0 saturated carbocycles. The van der Waals surface area contributed by atoms with Crippen molar-refractivity contribution in [3.63, 3.8) is 0 Å². The Bertz CT molecular complexity index is 567. The molecule has 0 spiro atoms. The van der Waals surface area contributed by atoms with E-state index in [2.05, 4.69) is 21.0 Å². The third-order valence-corrected chi connectivity index (χ3v) is 2.71. The van der Waals surface area contributed by atoms with Crippen molar-refractivity contribution in [1.82, 2.24) is 15.0 Å². The largest absolute Gasteiger partial charge is 0.351 e. The monoisotopic (exact) mass is 273 g/mol. The van der Waals surface area contributed by atoms with Crippen molar-refractivity contribution >= 4 is 17.4 Å². The summed E-state index contributed by atoms with van der Waals surface area (Å²) in [6.07, 6.45) is 5.54. The van der Waals surface area contributed by atoms with E-state index in [9.17, 15) is 0 Å². The first kappa shape index (κ1) is 13.2. The van der Waals surface area contributed by atoms with Crippen molar-refractivity contribution in [1.29, 1.82) is 5.26 Å². The maximum absolute atomic E-state index is 8.73. The molecule has 0 N–H and O–H groups in total. The SMILES string of the molecule is N#CCCN(Cc1cccnc1)c1ccnc(Cl)n1. The molecule has 0 radical (unpaired) electrons. The number of aromatic nitrogens is 3. The van der Waals surface area contributed by atoms with Crippen molar-refractivity contribution in [2.75, 3.05) is 11.4 Å². The highest BCUT2D eigenvalue weighted by atomic mass is 35.5. The Morgan fingerprint density at radius 1 is 1.32 bits per heavy atom. The Hall–Kier alpha value is -2.19. The molecule has 0 fully saturated rings. The molecule has 0 aliphatic rings. The van der Waals surface area contributed by atoms with E-state index in [-0.39, 0.29) is 5.28 Å². The molecule has 2 aromatic heterocycles. The number of pyridine rings is 1. The van der Waals surface area contributed by atoms with Crippen LogP contribution in [0.25, 0.3) is 0 Å². The minimum atomic E-state index is 0.200. The molecule has 2 heterocycles. The van der Waals surface area contributed by atoms with Gasteiger partial charge >= 0.3 is 0 Å². The normalized spacial score (nSPS) is 9.89. The van der Waals surface area contributed by atoms with E-state index >= 15 is 0 Å². The van der Waals surface area contributed by atoms with E-state index in [4.69, 9.17) is 16.9 Å². The van der Waals surface area contributed by atoms with Crippen molar-refractivity contribution in [2.45, 2.75) is 13.0 Å². The van der Waals surface area contributed by atoms with Gasteiger partial charge in [-0.2, -0.15) is 5.26 Å². The fraction of sp³-hybridized carbons (Fsp3) is 0.231. The Kier molecular flexibility index (Phi) is 4.65. The van der Waals surface area contributed by atoms with Crippen LogP contribution in [0.15, 0.2) is 36.8 Å². The smallest absolute Gasteiger partial charge is 0.224 e. The number of hydrogen-bond acceptors (Lipinski definition) is 5. The number of nitrogens with zero attached hydrogens (tertiary/aromatic N) is 5. The summed E-state index contributed by atoms with van der Waals surface area (Å²) in [5.74, 6) is 0.708. The van der Waals surface area contributed by atoms with Gasteiger partial charge < -0.3 is 4.90 Å². The van der Waals surface area contributed by atoms with Gasteiger partial charge in [0.2, 0.25) is 5.28 Å². The summed E-state index contributed by atoms with van der Waals surface area (Å²) >= 11 is 5.80. The second kappa shape index (κ2) is 6.66. The van der Waals surface area contributed by atoms with Gasteiger partial charge in [0.1, 0.15) is 5.82 Å². The maximum atomic E-state index is 8.73. The first-order chi connectivity index (χ1) is 9.29. The highest BCUT2D eigenvalue weighted by Crippen LogP contribution is 2.15. The topological polar surface area (TPSA) is 65.7 Å². The molecule has 5 nitrogen and oxygen atoms in total. The summed E-state index contributed by atoms with van der Waals surface area (Å²) in [5, 5.41) is 8.93. The Morgan fingerprint density at radius 2 is 2.21 bits per heavy atom. The van der Waals surface area contributed by atoms with Crippen molar-refractivity contribution < 1.29 is 0 Å². The molecule has 2 aromatic rings. The lowest BCUT2D eigenvalue weighted by Gasteiger charge is -2.22. The minimum Gasteiger partial charge on any atom is -0.351 e. The van der Waals surface area contributed by atoms with Crippen LogP contribution in [0.2, 0.25) is 5.28 Å². The molecule has 0 unspecified atom stereocenters. The average molecular weight is 274 g/mol. The summed E-state index contributed by atoms with van der Waals surface area (Å²) in [6, 6.07) is 7.77. The molecule has 2 rings (SSSR count). The zero-order valence-corrected chi connectivity index (χ0v) is 11.0. The Balaban J connectivity index is 2.19. The van der Waals surface area contributed by atoms with Crippen LogP contribution in [0, 0.1) is 11.3 Å². The van der Waals surface area contributed by atoms with E-state index in [0.717, 1.165) is 5.56 Å². The molecule has 0 aliphatic carbocycles. The zero-order chi connectivity index (χ0) is 13.5. The average Bonchev–Trinajstić information content (AvgIpc) is 2.44. The molecule has 0 bridgehead atoms. The van der Waals surface area contributed by atoms with Gasteiger partial charge in [-0.15, -0.1) is 0 Å². The van der Waals surface area contributed by atoms with Crippen LogP contribution in [0.1, 0.15) is 12.0 Å². The van der Waals surface area contributed by atoms with Gasteiger partial charge in [0.05, 0.1) is 12.5 Å². The van der Waals surface area contributed by atoms with Gasteiger partial charge in [0, 0.05) is 31.7 Å². The standard InChI is InChI=1S/C13H12ClN5/c14-13-17-7-4-12(18-13)19(8-2-5-15)10-11-3-1-6-16-9-11/h1,3-4,6-7,9H,2,8,10H2. The van der Waals surface area contributed by atoms with Gasteiger partial charge in [0.25, 0.3) is 0 Å². The first-order valence-electron chi connectivity index (χ1n) is 5.79. The summed E-state index contributed by atoms with van der Waals surface area (Å²) in [4.78, 5) is 14.1. The number of hydrogen-bond donors (Lipinski definition) is 0. The van der Waals surface area contributed by atoms with Crippen LogP contribution in [0.4, 0.5) is 5.82 Å². The van der Waals surface area contributed by atoms with Gasteiger partial charge in [0.15, 0.2) is 0 Å². The number of anilines is 1. The van der Waals surface area contributed by atoms with Crippen LogP contribution >= 0.6 is 11.6 Å². The molecule has 0 amide bonds. The lowest BCUT2D eigenvalue weighted by Crippen LogP contribution is -2.24. The second-order valence-corrected chi connectivity index (χ2v) is 4.21. The zero-order valence-electron chi connectivity index (χ0n) is 10.2. The Morgan fingerprint density at radius 3 is 2.89 bits per heavy atom. The lowest BCUT2D eigenvalue weighted by molar-refractivity contribution is 0.777. The lowest BCUT2D eigenvalue weighted by atomic mass is 10.2. The maximum Gasteiger partial charge on any atom is 0.224 e. The van der Waals surface area contributed by atoms with Crippen LogP contribution in [0.3, 0.4) is 0 Å². The van der Waals surface area contributed by atoms with Crippen molar-refractivity contribution in [3.05, 3.63) is 47.6 Å². The summed E-state index contributed by atoms with van der Waals surface area (Å²) in [6.45, 7) is 1.21. The van der Waals surface area contributed by atoms with Crippen molar-refractivity contribution in [2.24, 2.45) is 0 Å². The van der Waals surface area contributed by atoms with Crippen LogP contribution < -0.4 is 4.90 Å². The molecular weight excluding hydrogens is 262 g/mol. The Labute approximate surface area is 116 Å². The summed E-state index contributed by atoms with van der Waals surface area (Å²) < 4.78 is 0. The fourth-order valence-corrected chi connectivity index (χ4v) is 1.82. The summed E-state index contributed by atoms with van der Waals surface area (Å²) in [7, 11) is 0. The van der Waals surface area contributed by atoms with Gasteiger partial charge in [-0.1, -0.05) is 6.07 Å². The van der Waals surface area contributed by atoms with E-state index in [1.807, 2.05) is 17.0 Å². The van der Waals surface area contributed by atoms with Crippen LogP contribution in [-0.4, -0.2) is 21.5 Å². The number of rotatable bonds is 5. The van der Waals surface area contributed by atoms with E-state index < -0.39 is 0 Å². The molecular formula is C13H12ClN5. The van der Waals surface area contributed by atoms with Gasteiger partial charge in [-0.25, -0.2) is 9.97 Å². The highest BCUT2D eigenvalue weighted by Gasteiger charge is 2.09.